The fraction of sp³-hybridized carbons (Fsp3) is 0.0417. The topological polar surface area (TPSA) is 41.1 Å². The van der Waals surface area contributed by atoms with E-state index in [1.54, 1.807) is 6.07 Å². The lowest BCUT2D eigenvalue weighted by molar-refractivity contribution is 0.0952. The van der Waals surface area contributed by atoms with Gasteiger partial charge in [-0.3, -0.25) is 4.79 Å². The molecule has 0 bridgehead atoms. The van der Waals surface area contributed by atoms with Gasteiger partial charge in [-0.05, 0) is 64.7 Å². The normalized spacial score (nSPS) is 10.7. The maximum Gasteiger partial charge on any atom is 0.252 e. The fourth-order valence-corrected chi connectivity index (χ4v) is 4.51. The standard InChI is InChI=1S/C24H18Cl2N2OS/c25-18-12-19(26)14-21(13-18)30-28-20-9-10-22-17(11-20)7-4-8-23(22)24(29)27-15-16-5-2-1-3-6-16/h1-14,28H,15H2,(H,27,29). The third-order valence-electron chi connectivity index (χ3n) is 4.54. The van der Waals surface area contributed by atoms with Gasteiger partial charge < -0.3 is 10.0 Å². The van der Waals surface area contributed by atoms with Crippen LogP contribution >= 0.6 is 35.1 Å². The molecule has 0 aliphatic rings. The van der Waals surface area contributed by atoms with Crippen molar-refractivity contribution >= 4 is 57.5 Å². The van der Waals surface area contributed by atoms with E-state index in [4.69, 9.17) is 23.2 Å². The van der Waals surface area contributed by atoms with E-state index < -0.39 is 0 Å². The van der Waals surface area contributed by atoms with Crippen LogP contribution in [0.15, 0.2) is 89.8 Å². The lowest BCUT2D eigenvalue weighted by Crippen LogP contribution is -2.22. The molecule has 150 valence electrons. The molecule has 4 aromatic carbocycles. The molecule has 4 aromatic rings. The van der Waals surface area contributed by atoms with E-state index in [0.717, 1.165) is 26.9 Å². The van der Waals surface area contributed by atoms with Crippen LogP contribution < -0.4 is 10.0 Å². The van der Waals surface area contributed by atoms with Crippen molar-refractivity contribution in [3.63, 3.8) is 0 Å². The van der Waals surface area contributed by atoms with Crippen molar-refractivity contribution in [2.45, 2.75) is 11.4 Å². The number of hydrogen-bond acceptors (Lipinski definition) is 3. The van der Waals surface area contributed by atoms with Crippen molar-refractivity contribution < 1.29 is 4.79 Å². The number of carbonyl (C=O) groups excluding carboxylic acids is 1. The number of carbonyl (C=O) groups is 1. The summed E-state index contributed by atoms with van der Waals surface area (Å²) in [5.41, 5.74) is 2.64. The predicted molar refractivity (Wildman–Crippen MR) is 128 cm³/mol. The molecule has 0 atom stereocenters. The zero-order valence-corrected chi connectivity index (χ0v) is 18.2. The summed E-state index contributed by atoms with van der Waals surface area (Å²) in [7, 11) is 0. The second-order valence-corrected chi connectivity index (χ2v) is 8.47. The molecule has 0 heterocycles. The number of anilines is 1. The number of benzene rings is 4. The third kappa shape index (κ3) is 5.08. The monoisotopic (exact) mass is 452 g/mol. The maximum absolute atomic E-state index is 12.7. The molecule has 6 heteroatoms. The van der Waals surface area contributed by atoms with Crippen molar-refractivity contribution in [1.82, 2.24) is 5.32 Å². The molecule has 0 saturated heterocycles. The highest BCUT2D eigenvalue weighted by Gasteiger charge is 2.10. The summed E-state index contributed by atoms with van der Waals surface area (Å²) in [6.45, 7) is 0.495. The Morgan fingerprint density at radius 1 is 0.833 bits per heavy atom. The number of rotatable bonds is 6. The molecule has 1 amide bonds. The molecular weight excluding hydrogens is 435 g/mol. The van der Waals surface area contributed by atoms with Gasteiger partial charge in [-0.2, -0.15) is 0 Å². The van der Waals surface area contributed by atoms with Gasteiger partial charge in [0.05, 0.1) is 0 Å². The first-order valence-corrected chi connectivity index (χ1v) is 10.9. The Kier molecular flexibility index (Phi) is 6.48. The minimum atomic E-state index is -0.0897. The van der Waals surface area contributed by atoms with Crippen LogP contribution in [0.4, 0.5) is 5.69 Å². The molecule has 0 radical (unpaired) electrons. The van der Waals surface area contributed by atoms with Crippen molar-refractivity contribution in [1.29, 1.82) is 0 Å². The van der Waals surface area contributed by atoms with E-state index in [-0.39, 0.29) is 5.91 Å². The molecule has 2 N–H and O–H groups in total. The zero-order chi connectivity index (χ0) is 20.9. The molecule has 30 heavy (non-hydrogen) atoms. The molecule has 0 aliphatic heterocycles. The van der Waals surface area contributed by atoms with Crippen LogP contribution in [-0.2, 0) is 6.54 Å². The molecule has 0 fully saturated rings. The molecule has 0 aliphatic carbocycles. The summed E-state index contributed by atoms with van der Waals surface area (Å²) < 4.78 is 3.30. The average Bonchev–Trinajstić information content (AvgIpc) is 2.75. The number of amides is 1. The van der Waals surface area contributed by atoms with Crippen molar-refractivity contribution in [3.8, 4) is 0 Å². The Labute approximate surface area is 189 Å². The Bertz CT molecular complexity index is 1180. The van der Waals surface area contributed by atoms with E-state index in [0.29, 0.717) is 22.2 Å². The third-order valence-corrected chi connectivity index (χ3v) is 5.79. The minimum Gasteiger partial charge on any atom is -0.348 e. The first kappa shape index (κ1) is 20.6. The molecule has 0 saturated carbocycles. The van der Waals surface area contributed by atoms with Gasteiger partial charge in [0.1, 0.15) is 0 Å². The van der Waals surface area contributed by atoms with Gasteiger partial charge in [0.2, 0.25) is 0 Å². The summed E-state index contributed by atoms with van der Waals surface area (Å²) in [6.07, 6.45) is 0. The van der Waals surface area contributed by atoms with Crippen LogP contribution in [0.1, 0.15) is 15.9 Å². The molecule has 4 rings (SSSR count). The van der Waals surface area contributed by atoms with Crippen molar-refractivity contribution in [2.75, 3.05) is 4.72 Å². The van der Waals surface area contributed by atoms with Crippen LogP contribution in [-0.4, -0.2) is 5.91 Å². The Morgan fingerprint density at radius 3 is 2.37 bits per heavy atom. The smallest absolute Gasteiger partial charge is 0.252 e. The van der Waals surface area contributed by atoms with Gasteiger partial charge in [0.15, 0.2) is 0 Å². The van der Waals surface area contributed by atoms with Gasteiger partial charge in [-0.15, -0.1) is 0 Å². The number of fused-ring (bicyclic) bond motifs is 1. The summed E-state index contributed by atoms with van der Waals surface area (Å²) >= 11 is 13.5. The van der Waals surface area contributed by atoms with Crippen LogP contribution in [0.2, 0.25) is 10.0 Å². The van der Waals surface area contributed by atoms with Crippen LogP contribution in [0.3, 0.4) is 0 Å². The molecular formula is C24H18Cl2N2OS. The Morgan fingerprint density at radius 2 is 1.60 bits per heavy atom. The lowest BCUT2D eigenvalue weighted by Gasteiger charge is -2.11. The van der Waals surface area contributed by atoms with E-state index in [1.165, 1.54) is 11.9 Å². The fourth-order valence-electron chi connectivity index (χ4n) is 3.12. The summed E-state index contributed by atoms with van der Waals surface area (Å²) in [6, 6.07) is 26.9. The van der Waals surface area contributed by atoms with Crippen LogP contribution in [0, 0.1) is 0 Å². The molecule has 3 nitrogen and oxygen atoms in total. The van der Waals surface area contributed by atoms with Gasteiger partial charge in [-0.25, -0.2) is 0 Å². The average molecular weight is 453 g/mol. The predicted octanol–water partition coefficient (Wildman–Crippen LogP) is 7.20. The summed E-state index contributed by atoms with van der Waals surface area (Å²) in [5, 5.41) is 6.07. The zero-order valence-electron chi connectivity index (χ0n) is 15.9. The SMILES string of the molecule is O=C(NCc1ccccc1)c1cccc2cc(NSc3cc(Cl)cc(Cl)c3)ccc12. The largest absolute Gasteiger partial charge is 0.348 e. The second kappa shape index (κ2) is 9.43. The lowest BCUT2D eigenvalue weighted by atomic mass is 10.0. The quantitative estimate of drug-likeness (QED) is 0.304. The number of halogens is 2. The first-order valence-electron chi connectivity index (χ1n) is 9.32. The summed E-state index contributed by atoms with van der Waals surface area (Å²) in [5.74, 6) is -0.0897. The van der Waals surface area contributed by atoms with Gasteiger partial charge in [-0.1, -0.05) is 71.7 Å². The van der Waals surface area contributed by atoms with Gasteiger partial charge >= 0.3 is 0 Å². The Hall–Kier alpha value is -2.66. The Balaban J connectivity index is 1.49. The van der Waals surface area contributed by atoms with Crippen LogP contribution in [0.5, 0.6) is 0 Å². The molecule has 0 unspecified atom stereocenters. The highest BCUT2D eigenvalue weighted by Crippen LogP contribution is 2.29. The second-order valence-electron chi connectivity index (χ2n) is 6.72. The molecule has 0 aromatic heterocycles. The summed E-state index contributed by atoms with van der Waals surface area (Å²) in [4.78, 5) is 13.7. The highest BCUT2D eigenvalue weighted by atomic mass is 35.5. The van der Waals surface area contributed by atoms with Gasteiger partial charge in [0.25, 0.3) is 5.91 Å². The highest BCUT2D eigenvalue weighted by molar-refractivity contribution is 8.00. The van der Waals surface area contributed by atoms with E-state index in [2.05, 4.69) is 10.0 Å². The molecule has 0 spiro atoms. The number of hydrogen-bond donors (Lipinski definition) is 2. The van der Waals surface area contributed by atoms with Crippen LogP contribution in [0.25, 0.3) is 10.8 Å². The number of nitrogens with one attached hydrogen (secondary N) is 2. The van der Waals surface area contributed by atoms with Gasteiger partial charge in [0, 0.05) is 32.7 Å². The first-order chi connectivity index (χ1) is 14.6. The van der Waals surface area contributed by atoms with E-state index >= 15 is 0 Å². The van der Waals surface area contributed by atoms with Crippen molar-refractivity contribution in [2.24, 2.45) is 0 Å². The van der Waals surface area contributed by atoms with E-state index in [1.807, 2.05) is 78.9 Å². The minimum absolute atomic E-state index is 0.0897. The maximum atomic E-state index is 12.7. The van der Waals surface area contributed by atoms with Crippen molar-refractivity contribution in [3.05, 3.63) is 106 Å². The van der Waals surface area contributed by atoms with E-state index in [9.17, 15) is 4.79 Å².